The van der Waals surface area contributed by atoms with Crippen LogP contribution in [0.5, 0.6) is 0 Å². The van der Waals surface area contributed by atoms with Gasteiger partial charge in [0, 0.05) is 24.7 Å². The molecule has 2 rings (SSSR count). The Balaban J connectivity index is 1.94. The van der Waals surface area contributed by atoms with Gasteiger partial charge >= 0.3 is 0 Å². The van der Waals surface area contributed by atoms with Gasteiger partial charge in [-0.25, -0.2) is 0 Å². The molecule has 0 fully saturated rings. The lowest BCUT2D eigenvalue weighted by atomic mass is 9.90. The molecule has 5 heteroatoms. The lowest BCUT2D eigenvalue weighted by molar-refractivity contribution is -0.148. The van der Waals surface area contributed by atoms with Crippen molar-refractivity contribution in [1.82, 2.24) is 10.2 Å². The molecule has 0 aliphatic heterocycles. The molecule has 2 aromatic rings. The van der Waals surface area contributed by atoms with Gasteiger partial charge in [-0.15, -0.1) is 0 Å². The zero-order valence-corrected chi connectivity index (χ0v) is 16.9. The largest absolute Gasteiger partial charge is 0.355 e. The predicted molar refractivity (Wildman–Crippen MR) is 109 cm³/mol. The van der Waals surface area contributed by atoms with E-state index in [1.54, 1.807) is 18.7 Å². The number of nitrogens with one attached hydrogen (secondary N) is 1. The van der Waals surface area contributed by atoms with E-state index in [0.29, 0.717) is 31.1 Å². The van der Waals surface area contributed by atoms with Crippen LogP contribution in [0.2, 0.25) is 5.02 Å². The Morgan fingerprint density at radius 2 is 1.63 bits per heavy atom. The third-order valence-corrected chi connectivity index (χ3v) is 4.85. The van der Waals surface area contributed by atoms with Crippen molar-refractivity contribution >= 4 is 23.4 Å². The molecule has 0 aliphatic rings. The molecule has 1 N–H and O–H groups in total. The number of carbonyl (C=O) groups is 2. The zero-order chi connectivity index (χ0) is 19.9. The highest BCUT2D eigenvalue weighted by Crippen LogP contribution is 2.21. The van der Waals surface area contributed by atoms with Gasteiger partial charge in [-0.1, -0.05) is 54.1 Å². The maximum Gasteiger partial charge on any atom is 0.237 e. The van der Waals surface area contributed by atoms with Gasteiger partial charge in [-0.05, 0) is 50.5 Å². The topological polar surface area (TPSA) is 49.4 Å². The minimum atomic E-state index is -1.12. The van der Waals surface area contributed by atoms with Gasteiger partial charge in [-0.3, -0.25) is 9.59 Å². The highest BCUT2D eigenvalue weighted by atomic mass is 35.5. The molecule has 0 heterocycles. The molecule has 0 aromatic heterocycles. The van der Waals surface area contributed by atoms with Crippen molar-refractivity contribution in [2.45, 2.75) is 33.7 Å². The SMILES string of the molecule is CCN(Cc1ccccc1)C(=O)C(C)(C)C(=O)NCCc1ccc(Cl)cc1. The first-order valence-electron chi connectivity index (χ1n) is 9.20. The molecule has 2 amide bonds. The van der Waals surface area contributed by atoms with E-state index in [2.05, 4.69) is 5.32 Å². The van der Waals surface area contributed by atoms with E-state index >= 15 is 0 Å². The Kier molecular flexibility index (Phi) is 7.43. The first-order valence-corrected chi connectivity index (χ1v) is 9.58. The lowest BCUT2D eigenvalue weighted by Gasteiger charge is -2.30. The molecule has 0 unspecified atom stereocenters. The van der Waals surface area contributed by atoms with E-state index in [4.69, 9.17) is 11.6 Å². The van der Waals surface area contributed by atoms with Crippen LogP contribution in [-0.2, 0) is 22.6 Å². The second-order valence-electron chi connectivity index (χ2n) is 7.06. The molecule has 0 saturated carbocycles. The summed E-state index contributed by atoms with van der Waals surface area (Å²) < 4.78 is 0. The van der Waals surface area contributed by atoms with E-state index in [-0.39, 0.29) is 11.8 Å². The molecule has 0 saturated heterocycles. The normalized spacial score (nSPS) is 11.1. The van der Waals surface area contributed by atoms with Crippen LogP contribution in [0.4, 0.5) is 0 Å². The van der Waals surface area contributed by atoms with Crippen LogP contribution in [0.25, 0.3) is 0 Å². The van der Waals surface area contributed by atoms with Gasteiger partial charge < -0.3 is 10.2 Å². The fraction of sp³-hybridized carbons (Fsp3) is 0.364. The molecule has 0 spiro atoms. The van der Waals surface area contributed by atoms with Crippen LogP contribution in [-0.4, -0.2) is 29.8 Å². The van der Waals surface area contributed by atoms with Crippen molar-refractivity contribution in [3.8, 4) is 0 Å². The van der Waals surface area contributed by atoms with Crippen LogP contribution >= 0.6 is 11.6 Å². The molecule has 144 valence electrons. The van der Waals surface area contributed by atoms with Gasteiger partial charge in [0.25, 0.3) is 0 Å². The Bertz CT molecular complexity index is 758. The van der Waals surface area contributed by atoms with Gasteiger partial charge in [-0.2, -0.15) is 0 Å². The first-order chi connectivity index (χ1) is 12.8. The average Bonchev–Trinajstić information content (AvgIpc) is 2.67. The minimum Gasteiger partial charge on any atom is -0.355 e. The van der Waals surface area contributed by atoms with Crippen molar-refractivity contribution in [2.24, 2.45) is 5.41 Å². The number of benzene rings is 2. The number of hydrogen-bond acceptors (Lipinski definition) is 2. The lowest BCUT2D eigenvalue weighted by Crippen LogP contribution is -2.49. The summed E-state index contributed by atoms with van der Waals surface area (Å²) in [5.74, 6) is -0.425. The first kappa shape index (κ1) is 21.0. The van der Waals surface area contributed by atoms with Crippen molar-refractivity contribution < 1.29 is 9.59 Å². The summed E-state index contributed by atoms with van der Waals surface area (Å²) in [6.45, 7) is 6.81. The van der Waals surface area contributed by atoms with Crippen LogP contribution in [0.3, 0.4) is 0 Å². The minimum absolute atomic E-state index is 0.169. The zero-order valence-electron chi connectivity index (χ0n) is 16.2. The number of hydrogen-bond donors (Lipinski definition) is 1. The highest BCUT2D eigenvalue weighted by molar-refractivity contribution is 6.30. The molecule has 0 radical (unpaired) electrons. The second-order valence-corrected chi connectivity index (χ2v) is 7.50. The number of rotatable bonds is 8. The molecule has 2 aromatic carbocycles. The molecule has 0 aliphatic carbocycles. The highest BCUT2D eigenvalue weighted by Gasteiger charge is 2.38. The molecule has 0 bridgehead atoms. The molecular formula is C22H27ClN2O2. The maximum absolute atomic E-state index is 13.0. The number of nitrogens with zero attached hydrogens (tertiary/aromatic N) is 1. The maximum atomic E-state index is 13.0. The summed E-state index contributed by atoms with van der Waals surface area (Å²) in [5, 5.41) is 3.58. The third kappa shape index (κ3) is 5.83. The second kappa shape index (κ2) is 9.56. The van der Waals surface area contributed by atoms with E-state index in [0.717, 1.165) is 11.1 Å². The summed E-state index contributed by atoms with van der Waals surface area (Å²) in [7, 11) is 0. The van der Waals surface area contributed by atoms with Gasteiger partial charge in [0.05, 0.1) is 0 Å². The smallest absolute Gasteiger partial charge is 0.237 e. The number of amides is 2. The van der Waals surface area contributed by atoms with Crippen LogP contribution in [0, 0.1) is 5.41 Å². The van der Waals surface area contributed by atoms with Crippen molar-refractivity contribution in [1.29, 1.82) is 0 Å². The summed E-state index contributed by atoms with van der Waals surface area (Å²) in [4.78, 5) is 27.3. The van der Waals surface area contributed by atoms with E-state index in [9.17, 15) is 9.59 Å². The number of halogens is 1. The standard InChI is InChI=1S/C22H27ClN2O2/c1-4-25(16-18-8-6-5-7-9-18)21(27)22(2,3)20(26)24-15-14-17-10-12-19(23)13-11-17/h5-13H,4,14-16H2,1-3H3,(H,24,26). The third-order valence-electron chi connectivity index (χ3n) is 4.60. The fourth-order valence-corrected chi connectivity index (χ4v) is 2.94. The quantitative estimate of drug-likeness (QED) is 0.695. The average molecular weight is 387 g/mol. The van der Waals surface area contributed by atoms with E-state index < -0.39 is 5.41 Å². The summed E-state index contributed by atoms with van der Waals surface area (Å²) in [6, 6.07) is 17.3. The Hall–Kier alpha value is -2.33. The summed E-state index contributed by atoms with van der Waals surface area (Å²) >= 11 is 5.88. The Morgan fingerprint density at radius 1 is 1.00 bits per heavy atom. The van der Waals surface area contributed by atoms with E-state index in [1.165, 1.54) is 0 Å². The molecule has 27 heavy (non-hydrogen) atoms. The van der Waals surface area contributed by atoms with Gasteiger partial charge in [0.1, 0.15) is 5.41 Å². The Labute approximate surface area is 166 Å². The van der Waals surface area contributed by atoms with E-state index in [1.807, 2.05) is 61.5 Å². The van der Waals surface area contributed by atoms with Crippen LogP contribution < -0.4 is 5.32 Å². The van der Waals surface area contributed by atoms with Crippen molar-refractivity contribution in [2.75, 3.05) is 13.1 Å². The van der Waals surface area contributed by atoms with Crippen molar-refractivity contribution in [3.63, 3.8) is 0 Å². The van der Waals surface area contributed by atoms with Crippen LogP contribution in [0.1, 0.15) is 31.9 Å². The van der Waals surface area contributed by atoms with Gasteiger partial charge in [0.15, 0.2) is 0 Å². The number of carbonyl (C=O) groups excluding carboxylic acids is 2. The fourth-order valence-electron chi connectivity index (χ4n) is 2.82. The monoisotopic (exact) mass is 386 g/mol. The summed E-state index contributed by atoms with van der Waals surface area (Å²) in [6.07, 6.45) is 0.689. The predicted octanol–water partition coefficient (Wildman–Crippen LogP) is 4.07. The summed E-state index contributed by atoms with van der Waals surface area (Å²) in [5.41, 5.74) is 1.01. The molecule has 4 nitrogen and oxygen atoms in total. The van der Waals surface area contributed by atoms with Crippen molar-refractivity contribution in [3.05, 3.63) is 70.7 Å². The van der Waals surface area contributed by atoms with Crippen LogP contribution in [0.15, 0.2) is 54.6 Å². The molecule has 0 atom stereocenters. The molecular weight excluding hydrogens is 360 g/mol. The Morgan fingerprint density at radius 3 is 2.22 bits per heavy atom. The van der Waals surface area contributed by atoms with Gasteiger partial charge in [0.2, 0.25) is 11.8 Å².